The number of methoxy groups -OCH3 is 2. The van der Waals surface area contributed by atoms with Gasteiger partial charge in [-0.15, -0.1) is 0 Å². The third kappa shape index (κ3) is 3.60. The van der Waals surface area contributed by atoms with Crippen LogP contribution in [0.2, 0.25) is 0 Å². The van der Waals surface area contributed by atoms with E-state index in [0.29, 0.717) is 0 Å². The molecule has 1 rings (SSSR count). The van der Waals surface area contributed by atoms with Gasteiger partial charge in [-0.1, -0.05) is 0 Å². The molecule has 0 bridgehead atoms. The van der Waals surface area contributed by atoms with E-state index < -0.39 is 0 Å². The number of nitrogens with zero attached hydrogens (tertiary/aromatic N) is 1. The molecule has 0 unspecified atom stereocenters. The fourth-order valence-corrected chi connectivity index (χ4v) is 1.65. The molecule has 1 saturated heterocycles. The van der Waals surface area contributed by atoms with E-state index in [1.807, 2.05) is 0 Å². The molecule has 1 fully saturated rings. The van der Waals surface area contributed by atoms with Crippen molar-refractivity contribution in [1.82, 2.24) is 4.90 Å². The maximum absolute atomic E-state index is 9.41. The SMILES string of the molecule is COC(CN1CCC[C@H](O)C1)OC. The average Bonchev–Trinajstić information content (AvgIpc) is 2.14. The van der Waals surface area contributed by atoms with Crippen LogP contribution >= 0.6 is 0 Å². The second-order valence-corrected chi connectivity index (χ2v) is 3.46. The number of ether oxygens (including phenoxy) is 2. The summed E-state index contributed by atoms with van der Waals surface area (Å²) in [6.45, 7) is 2.51. The highest BCUT2D eigenvalue weighted by molar-refractivity contribution is 4.72. The van der Waals surface area contributed by atoms with Crippen molar-refractivity contribution in [2.24, 2.45) is 0 Å². The van der Waals surface area contributed by atoms with E-state index in [1.165, 1.54) is 0 Å². The third-order valence-corrected chi connectivity index (χ3v) is 2.41. The number of piperidine rings is 1. The minimum Gasteiger partial charge on any atom is -0.392 e. The zero-order valence-electron chi connectivity index (χ0n) is 8.40. The maximum atomic E-state index is 9.41. The van der Waals surface area contributed by atoms with Crippen LogP contribution in [0.3, 0.4) is 0 Å². The summed E-state index contributed by atoms with van der Waals surface area (Å²) in [5.74, 6) is 0. The number of hydrogen-bond donors (Lipinski definition) is 1. The summed E-state index contributed by atoms with van der Waals surface area (Å²) < 4.78 is 10.2. The van der Waals surface area contributed by atoms with Crippen LogP contribution in [-0.4, -0.2) is 56.3 Å². The summed E-state index contributed by atoms with van der Waals surface area (Å²) in [4.78, 5) is 2.17. The van der Waals surface area contributed by atoms with Crippen molar-refractivity contribution in [3.05, 3.63) is 0 Å². The number of rotatable bonds is 4. The summed E-state index contributed by atoms with van der Waals surface area (Å²) in [7, 11) is 3.27. The van der Waals surface area contributed by atoms with Gasteiger partial charge in [-0.25, -0.2) is 0 Å². The lowest BCUT2D eigenvalue weighted by molar-refractivity contribution is -0.121. The van der Waals surface area contributed by atoms with Crippen LogP contribution in [0, 0.1) is 0 Å². The van der Waals surface area contributed by atoms with Gasteiger partial charge < -0.3 is 14.6 Å². The van der Waals surface area contributed by atoms with E-state index in [2.05, 4.69) is 4.90 Å². The van der Waals surface area contributed by atoms with E-state index in [-0.39, 0.29) is 12.4 Å². The Morgan fingerprint density at radius 1 is 1.46 bits per heavy atom. The van der Waals surface area contributed by atoms with Gasteiger partial charge in [-0.05, 0) is 19.4 Å². The van der Waals surface area contributed by atoms with Gasteiger partial charge >= 0.3 is 0 Å². The molecular formula is C9H19NO3. The molecule has 0 aromatic carbocycles. The smallest absolute Gasteiger partial charge is 0.169 e. The van der Waals surface area contributed by atoms with E-state index in [4.69, 9.17) is 9.47 Å². The average molecular weight is 189 g/mol. The van der Waals surface area contributed by atoms with Crippen molar-refractivity contribution in [1.29, 1.82) is 0 Å². The van der Waals surface area contributed by atoms with Crippen molar-refractivity contribution in [2.45, 2.75) is 25.2 Å². The molecule has 1 N–H and O–H groups in total. The van der Waals surface area contributed by atoms with Crippen LogP contribution in [0.1, 0.15) is 12.8 Å². The van der Waals surface area contributed by atoms with Gasteiger partial charge in [0.2, 0.25) is 0 Å². The van der Waals surface area contributed by atoms with E-state index in [1.54, 1.807) is 14.2 Å². The summed E-state index contributed by atoms with van der Waals surface area (Å²) in [5, 5.41) is 9.41. The standard InChI is InChI=1S/C9H19NO3/c1-12-9(13-2)7-10-5-3-4-8(11)6-10/h8-9,11H,3-7H2,1-2H3/t8-/m0/s1. The van der Waals surface area contributed by atoms with Gasteiger partial charge in [0.15, 0.2) is 6.29 Å². The van der Waals surface area contributed by atoms with Crippen molar-refractivity contribution in [3.63, 3.8) is 0 Å². The number of aliphatic hydroxyl groups is 1. The molecule has 1 aliphatic rings. The largest absolute Gasteiger partial charge is 0.392 e. The van der Waals surface area contributed by atoms with Gasteiger partial charge in [0.25, 0.3) is 0 Å². The summed E-state index contributed by atoms with van der Waals surface area (Å²) in [5.41, 5.74) is 0. The van der Waals surface area contributed by atoms with E-state index in [9.17, 15) is 5.11 Å². The highest BCUT2D eigenvalue weighted by Crippen LogP contribution is 2.10. The number of β-amino-alcohol motifs (C(OH)–C–C–N with tert-alkyl or cyclic N) is 1. The predicted octanol–water partition coefficient (Wildman–Crippen LogP) is 0.0620. The van der Waals surface area contributed by atoms with Gasteiger partial charge in [0.1, 0.15) is 0 Å². The van der Waals surface area contributed by atoms with Crippen LogP contribution in [-0.2, 0) is 9.47 Å². The highest BCUT2D eigenvalue weighted by atomic mass is 16.7. The van der Waals surface area contributed by atoms with Gasteiger partial charge in [-0.3, -0.25) is 4.90 Å². The van der Waals surface area contributed by atoms with Crippen LogP contribution < -0.4 is 0 Å². The van der Waals surface area contributed by atoms with E-state index >= 15 is 0 Å². The molecule has 1 heterocycles. The normalized spacial score (nSPS) is 25.4. The first-order valence-electron chi connectivity index (χ1n) is 4.72. The van der Waals surface area contributed by atoms with Crippen LogP contribution in [0.4, 0.5) is 0 Å². The molecule has 1 atom stereocenters. The second-order valence-electron chi connectivity index (χ2n) is 3.46. The number of aliphatic hydroxyl groups excluding tert-OH is 1. The zero-order chi connectivity index (χ0) is 9.68. The highest BCUT2D eigenvalue weighted by Gasteiger charge is 2.20. The molecule has 78 valence electrons. The summed E-state index contributed by atoms with van der Waals surface area (Å²) in [6, 6.07) is 0. The van der Waals surface area contributed by atoms with Crippen LogP contribution in [0.25, 0.3) is 0 Å². The lowest BCUT2D eigenvalue weighted by Crippen LogP contribution is -2.43. The minimum absolute atomic E-state index is 0.176. The molecule has 0 aromatic heterocycles. The molecule has 4 nitrogen and oxygen atoms in total. The Morgan fingerprint density at radius 3 is 2.69 bits per heavy atom. The summed E-state index contributed by atoms with van der Waals surface area (Å²) >= 11 is 0. The Labute approximate surface area is 79.4 Å². The summed E-state index contributed by atoms with van der Waals surface area (Å²) in [6.07, 6.45) is 1.62. The van der Waals surface area contributed by atoms with Gasteiger partial charge in [-0.2, -0.15) is 0 Å². The fraction of sp³-hybridized carbons (Fsp3) is 1.00. The Morgan fingerprint density at radius 2 is 2.15 bits per heavy atom. The van der Waals surface area contributed by atoms with E-state index in [0.717, 1.165) is 32.5 Å². The Hall–Kier alpha value is -0.160. The molecule has 0 spiro atoms. The topological polar surface area (TPSA) is 41.9 Å². The molecular weight excluding hydrogens is 170 g/mol. The van der Waals surface area contributed by atoms with Crippen LogP contribution in [0.15, 0.2) is 0 Å². The van der Waals surface area contributed by atoms with Crippen molar-refractivity contribution >= 4 is 0 Å². The molecule has 0 radical (unpaired) electrons. The maximum Gasteiger partial charge on any atom is 0.169 e. The molecule has 13 heavy (non-hydrogen) atoms. The molecule has 0 saturated carbocycles. The Bertz CT molecular complexity index is 139. The minimum atomic E-state index is -0.178. The van der Waals surface area contributed by atoms with Crippen molar-refractivity contribution < 1.29 is 14.6 Å². The monoisotopic (exact) mass is 189 g/mol. The third-order valence-electron chi connectivity index (χ3n) is 2.41. The first-order chi connectivity index (χ1) is 6.26. The van der Waals surface area contributed by atoms with Gasteiger partial charge in [0, 0.05) is 27.3 Å². The first-order valence-corrected chi connectivity index (χ1v) is 4.72. The molecule has 0 aromatic rings. The lowest BCUT2D eigenvalue weighted by atomic mass is 10.1. The number of hydrogen-bond acceptors (Lipinski definition) is 4. The lowest BCUT2D eigenvalue weighted by Gasteiger charge is -2.31. The zero-order valence-corrected chi connectivity index (χ0v) is 8.40. The number of likely N-dealkylation sites (tertiary alicyclic amines) is 1. The van der Waals surface area contributed by atoms with Crippen molar-refractivity contribution in [3.8, 4) is 0 Å². The Kier molecular flexibility index (Phi) is 4.66. The molecule has 0 aliphatic carbocycles. The second kappa shape index (κ2) is 5.54. The molecule has 0 amide bonds. The fourth-order valence-electron chi connectivity index (χ4n) is 1.65. The van der Waals surface area contributed by atoms with Crippen molar-refractivity contribution in [2.75, 3.05) is 33.9 Å². The molecule has 4 heteroatoms. The first kappa shape index (κ1) is 10.9. The predicted molar refractivity (Wildman–Crippen MR) is 49.5 cm³/mol. The van der Waals surface area contributed by atoms with Gasteiger partial charge in [0.05, 0.1) is 6.10 Å². The Balaban J connectivity index is 2.26. The molecule has 1 aliphatic heterocycles. The quantitative estimate of drug-likeness (QED) is 0.635. The van der Waals surface area contributed by atoms with Crippen LogP contribution in [0.5, 0.6) is 0 Å².